The van der Waals surface area contributed by atoms with Crippen LogP contribution >= 0.6 is 0 Å². The van der Waals surface area contributed by atoms with E-state index in [2.05, 4.69) is 41.3 Å². The van der Waals surface area contributed by atoms with Gasteiger partial charge in [0.1, 0.15) is 31.6 Å². The van der Waals surface area contributed by atoms with E-state index in [1.165, 1.54) is 28.5 Å². The van der Waals surface area contributed by atoms with Crippen LogP contribution in [0.5, 0.6) is 17.2 Å². The van der Waals surface area contributed by atoms with E-state index in [1.54, 1.807) is 13.3 Å². The summed E-state index contributed by atoms with van der Waals surface area (Å²) in [4.78, 5) is 0. The predicted molar refractivity (Wildman–Crippen MR) is 108 cm³/mol. The first-order valence-corrected chi connectivity index (χ1v) is 9.11. The zero-order chi connectivity index (χ0) is 19.8. The monoisotopic (exact) mass is 380 g/mol. The van der Waals surface area contributed by atoms with Crippen molar-refractivity contribution in [3.63, 3.8) is 0 Å². The van der Waals surface area contributed by atoms with Crippen molar-refractivity contribution in [1.82, 2.24) is 14.9 Å². The van der Waals surface area contributed by atoms with Crippen LogP contribution in [-0.2, 0) is 6.42 Å². The molecule has 0 saturated carbocycles. The molecule has 28 heavy (non-hydrogen) atoms. The summed E-state index contributed by atoms with van der Waals surface area (Å²) >= 11 is 0. The second-order valence-electron chi connectivity index (χ2n) is 6.20. The van der Waals surface area contributed by atoms with Crippen molar-refractivity contribution in [3.05, 3.63) is 65.7 Å². The molecule has 3 rings (SSSR count). The Labute approximate surface area is 164 Å². The standard InChI is InChI=1S/C21H24N4O3/c1-4-17-9-16(2)10-19(11-17)27-7-8-28-20-6-5-18(12-21(20)26-3)13-24-25-14-22-23-15-25/h5-6,9-15H,4,7-8H2,1-3H3/b24-13+. The maximum absolute atomic E-state index is 5.83. The maximum Gasteiger partial charge on any atom is 0.161 e. The summed E-state index contributed by atoms with van der Waals surface area (Å²) in [5.41, 5.74) is 3.34. The Morgan fingerprint density at radius 2 is 1.79 bits per heavy atom. The number of nitrogens with zero attached hydrogens (tertiary/aromatic N) is 4. The third kappa shape index (κ3) is 5.33. The summed E-state index contributed by atoms with van der Waals surface area (Å²) in [6.07, 6.45) is 5.71. The molecule has 7 nitrogen and oxygen atoms in total. The van der Waals surface area contributed by atoms with Gasteiger partial charge in [0.2, 0.25) is 0 Å². The minimum absolute atomic E-state index is 0.417. The number of aromatic nitrogens is 3. The summed E-state index contributed by atoms with van der Waals surface area (Å²) < 4.78 is 18.6. The largest absolute Gasteiger partial charge is 0.493 e. The Balaban J connectivity index is 1.56. The molecule has 1 heterocycles. The number of hydrogen-bond donors (Lipinski definition) is 0. The summed E-state index contributed by atoms with van der Waals surface area (Å²) in [6, 6.07) is 11.9. The minimum atomic E-state index is 0.417. The van der Waals surface area contributed by atoms with Gasteiger partial charge in [0.25, 0.3) is 0 Å². The van der Waals surface area contributed by atoms with Gasteiger partial charge in [0.15, 0.2) is 11.5 Å². The highest BCUT2D eigenvalue weighted by Gasteiger charge is 2.06. The SMILES string of the molecule is CCc1cc(C)cc(OCCOc2ccc(/C=N/n3cnnc3)cc2OC)c1. The molecule has 0 radical (unpaired) electrons. The summed E-state index contributed by atoms with van der Waals surface area (Å²) in [7, 11) is 1.61. The van der Waals surface area contributed by atoms with Crippen LogP contribution in [-0.4, -0.2) is 41.4 Å². The van der Waals surface area contributed by atoms with Crippen LogP contribution in [0.2, 0.25) is 0 Å². The maximum atomic E-state index is 5.83. The van der Waals surface area contributed by atoms with Crippen molar-refractivity contribution in [3.8, 4) is 17.2 Å². The van der Waals surface area contributed by atoms with Gasteiger partial charge in [-0.05, 0) is 60.4 Å². The van der Waals surface area contributed by atoms with Crippen LogP contribution in [0.3, 0.4) is 0 Å². The summed E-state index contributed by atoms with van der Waals surface area (Å²) in [5, 5.41) is 11.6. The smallest absolute Gasteiger partial charge is 0.161 e. The lowest BCUT2D eigenvalue weighted by Gasteiger charge is -2.13. The summed E-state index contributed by atoms with van der Waals surface area (Å²) in [5.74, 6) is 2.16. The highest BCUT2D eigenvalue weighted by molar-refractivity contribution is 5.80. The molecule has 3 aromatic rings. The molecule has 0 aliphatic carbocycles. The van der Waals surface area contributed by atoms with Crippen LogP contribution in [0.4, 0.5) is 0 Å². The van der Waals surface area contributed by atoms with E-state index in [0.29, 0.717) is 24.7 Å². The molecule has 1 aromatic heterocycles. The third-order valence-electron chi connectivity index (χ3n) is 4.06. The second kappa shape index (κ2) is 9.55. The van der Waals surface area contributed by atoms with Gasteiger partial charge in [-0.15, -0.1) is 10.2 Å². The molecule has 0 atom stereocenters. The Kier molecular flexibility index (Phi) is 6.62. The lowest BCUT2D eigenvalue weighted by Crippen LogP contribution is -2.10. The predicted octanol–water partition coefficient (Wildman–Crippen LogP) is 3.50. The number of ether oxygens (including phenoxy) is 3. The van der Waals surface area contributed by atoms with Crippen molar-refractivity contribution in [2.75, 3.05) is 20.3 Å². The van der Waals surface area contributed by atoms with Gasteiger partial charge in [-0.1, -0.05) is 13.0 Å². The van der Waals surface area contributed by atoms with Crippen molar-refractivity contribution < 1.29 is 14.2 Å². The topological polar surface area (TPSA) is 70.8 Å². The fourth-order valence-corrected chi connectivity index (χ4v) is 2.70. The Hall–Kier alpha value is -3.35. The average Bonchev–Trinajstić information content (AvgIpc) is 3.23. The lowest BCUT2D eigenvalue weighted by molar-refractivity contribution is 0.211. The van der Waals surface area contributed by atoms with E-state index in [4.69, 9.17) is 14.2 Å². The lowest BCUT2D eigenvalue weighted by atomic mass is 10.1. The van der Waals surface area contributed by atoms with Crippen molar-refractivity contribution in [2.24, 2.45) is 5.10 Å². The first-order valence-electron chi connectivity index (χ1n) is 9.11. The molecular formula is C21H24N4O3. The zero-order valence-corrected chi connectivity index (χ0v) is 16.3. The summed E-state index contributed by atoms with van der Waals surface area (Å²) in [6.45, 7) is 5.07. The fourth-order valence-electron chi connectivity index (χ4n) is 2.70. The molecule has 7 heteroatoms. The fraction of sp³-hybridized carbons (Fsp3) is 0.286. The van der Waals surface area contributed by atoms with E-state index in [-0.39, 0.29) is 0 Å². The number of rotatable bonds is 9. The molecule has 0 aliphatic rings. The van der Waals surface area contributed by atoms with E-state index in [0.717, 1.165) is 17.7 Å². The van der Waals surface area contributed by atoms with E-state index in [1.807, 2.05) is 24.3 Å². The van der Waals surface area contributed by atoms with Gasteiger partial charge in [0, 0.05) is 0 Å². The van der Waals surface area contributed by atoms with Crippen LogP contribution in [0.15, 0.2) is 54.2 Å². The van der Waals surface area contributed by atoms with Crippen LogP contribution < -0.4 is 14.2 Å². The molecule has 0 unspecified atom stereocenters. The highest BCUT2D eigenvalue weighted by atomic mass is 16.5. The quantitative estimate of drug-likeness (QED) is 0.420. The Morgan fingerprint density at radius 3 is 2.54 bits per heavy atom. The molecular weight excluding hydrogens is 356 g/mol. The average molecular weight is 380 g/mol. The molecule has 0 saturated heterocycles. The van der Waals surface area contributed by atoms with Gasteiger partial charge in [0.05, 0.1) is 13.3 Å². The van der Waals surface area contributed by atoms with Gasteiger partial charge in [-0.3, -0.25) is 0 Å². The first-order chi connectivity index (χ1) is 13.7. The minimum Gasteiger partial charge on any atom is -0.493 e. The van der Waals surface area contributed by atoms with Crippen LogP contribution in [0.1, 0.15) is 23.6 Å². The molecule has 0 fully saturated rings. The van der Waals surface area contributed by atoms with Crippen molar-refractivity contribution in [2.45, 2.75) is 20.3 Å². The van der Waals surface area contributed by atoms with Gasteiger partial charge < -0.3 is 14.2 Å². The normalized spacial score (nSPS) is 11.0. The number of methoxy groups -OCH3 is 1. The third-order valence-corrected chi connectivity index (χ3v) is 4.06. The van der Waals surface area contributed by atoms with E-state index >= 15 is 0 Å². The molecule has 2 aromatic carbocycles. The molecule has 0 spiro atoms. The van der Waals surface area contributed by atoms with Crippen molar-refractivity contribution in [1.29, 1.82) is 0 Å². The number of benzene rings is 2. The van der Waals surface area contributed by atoms with Gasteiger partial charge in [-0.2, -0.15) is 5.10 Å². The Morgan fingerprint density at radius 1 is 1.00 bits per heavy atom. The van der Waals surface area contributed by atoms with E-state index in [9.17, 15) is 0 Å². The Bertz CT molecular complexity index is 923. The molecule has 146 valence electrons. The zero-order valence-electron chi connectivity index (χ0n) is 16.3. The van der Waals surface area contributed by atoms with E-state index < -0.39 is 0 Å². The number of aryl methyl sites for hydroxylation is 2. The molecule has 0 amide bonds. The van der Waals surface area contributed by atoms with Gasteiger partial charge >= 0.3 is 0 Å². The highest BCUT2D eigenvalue weighted by Crippen LogP contribution is 2.27. The van der Waals surface area contributed by atoms with Gasteiger partial charge in [-0.25, -0.2) is 4.68 Å². The molecule has 0 bridgehead atoms. The van der Waals surface area contributed by atoms with Crippen molar-refractivity contribution >= 4 is 6.21 Å². The molecule has 0 N–H and O–H groups in total. The molecule has 0 aliphatic heterocycles. The second-order valence-corrected chi connectivity index (χ2v) is 6.20. The van der Waals surface area contributed by atoms with Crippen LogP contribution in [0, 0.1) is 6.92 Å². The first kappa shape index (κ1) is 19.4. The number of hydrogen-bond acceptors (Lipinski definition) is 6. The van der Waals surface area contributed by atoms with Crippen LogP contribution in [0.25, 0.3) is 0 Å².